The van der Waals surface area contributed by atoms with Gasteiger partial charge >= 0.3 is 0 Å². The van der Waals surface area contributed by atoms with Crippen molar-refractivity contribution in [3.8, 4) is 0 Å². The van der Waals surface area contributed by atoms with Crippen LogP contribution in [0.5, 0.6) is 0 Å². The lowest BCUT2D eigenvalue weighted by Gasteiger charge is -2.46. The molecule has 0 fully saturated rings. The summed E-state index contributed by atoms with van der Waals surface area (Å²) in [7, 11) is 0. The molecule has 80 valence electrons. The lowest BCUT2D eigenvalue weighted by atomic mass is 9.71. The van der Waals surface area contributed by atoms with Crippen molar-refractivity contribution in [2.24, 2.45) is 11.5 Å². The third-order valence-corrected chi connectivity index (χ3v) is 3.42. The number of hydrogen-bond donors (Lipinski definition) is 3. The smallest absolute Gasteiger partial charge is 0.0970 e. The third-order valence-electron chi connectivity index (χ3n) is 3.42. The first-order valence-electron chi connectivity index (χ1n) is 5.14. The Morgan fingerprint density at radius 1 is 1.15 bits per heavy atom. The van der Waals surface area contributed by atoms with E-state index in [4.69, 9.17) is 11.5 Å². The first-order valence-corrected chi connectivity index (χ1v) is 5.14. The minimum Gasteiger partial charge on any atom is -0.386 e. The largest absolute Gasteiger partial charge is 0.386 e. The molecule has 3 nitrogen and oxygen atoms in total. The summed E-state index contributed by atoms with van der Waals surface area (Å²) in [6, 6.07) is -0.289. The average molecular weight is 188 g/mol. The topological polar surface area (TPSA) is 72.3 Å². The van der Waals surface area contributed by atoms with Gasteiger partial charge in [-0.3, -0.25) is 0 Å². The fourth-order valence-electron chi connectivity index (χ4n) is 1.99. The zero-order valence-electron chi connectivity index (χ0n) is 9.30. The van der Waals surface area contributed by atoms with Gasteiger partial charge in [-0.25, -0.2) is 0 Å². The van der Waals surface area contributed by atoms with E-state index in [-0.39, 0.29) is 6.04 Å². The summed E-state index contributed by atoms with van der Waals surface area (Å²) in [6.07, 6.45) is 2.09. The highest BCUT2D eigenvalue weighted by Crippen LogP contribution is 2.31. The number of hydrogen-bond acceptors (Lipinski definition) is 3. The second kappa shape index (κ2) is 4.40. The Labute approximate surface area is 81.5 Å². The zero-order chi connectivity index (χ0) is 10.7. The summed E-state index contributed by atoms with van der Waals surface area (Å²) in [5, 5.41) is 10.4. The molecule has 5 N–H and O–H groups in total. The fraction of sp³-hybridized carbons (Fsp3) is 1.00. The van der Waals surface area contributed by atoms with Crippen LogP contribution in [0.25, 0.3) is 0 Å². The molecule has 0 radical (unpaired) electrons. The molecule has 0 aromatic heterocycles. The third kappa shape index (κ3) is 2.03. The molecule has 0 aromatic rings. The number of rotatable bonds is 5. The van der Waals surface area contributed by atoms with Crippen LogP contribution in [-0.2, 0) is 0 Å². The lowest BCUT2D eigenvalue weighted by Crippen LogP contribution is -2.66. The van der Waals surface area contributed by atoms with Crippen molar-refractivity contribution in [1.29, 1.82) is 0 Å². The van der Waals surface area contributed by atoms with E-state index in [1.165, 1.54) is 0 Å². The van der Waals surface area contributed by atoms with E-state index in [0.29, 0.717) is 6.42 Å². The number of nitrogens with two attached hydrogens (primary N) is 2. The van der Waals surface area contributed by atoms with E-state index in [0.717, 1.165) is 12.8 Å². The van der Waals surface area contributed by atoms with Gasteiger partial charge in [0.15, 0.2) is 0 Å². The molecule has 0 aliphatic rings. The molecule has 0 aliphatic carbocycles. The summed E-state index contributed by atoms with van der Waals surface area (Å²) < 4.78 is 0. The monoisotopic (exact) mass is 188 g/mol. The highest BCUT2D eigenvalue weighted by molar-refractivity contribution is 5.05. The van der Waals surface area contributed by atoms with Crippen LogP contribution in [0.1, 0.15) is 47.0 Å². The van der Waals surface area contributed by atoms with E-state index >= 15 is 0 Å². The molecule has 13 heavy (non-hydrogen) atoms. The normalized spacial score (nSPS) is 19.6. The SMILES string of the molecule is CCC(N)(CC)C(O)(CC)C(C)N. The van der Waals surface area contributed by atoms with Crippen LogP contribution in [-0.4, -0.2) is 22.3 Å². The first-order chi connectivity index (χ1) is 5.88. The summed E-state index contributed by atoms with van der Waals surface area (Å²) >= 11 is 0. The van der Waals surface area contributed by atoms with Crippen molar-refractivity contribution in [3.05, 3.63) is 0 Å². The van der Waals surface area contributed by atoms with Gasteiger partial charge < -0.3 is 16.6 Å². The molecule has 0 aliphatic heterocycles. The lowest BCUT2D eigenvalue weighted by molar-refractivity contribution is -0.0596. The van der Waals surface area contributed by atoms with E-state index in [2.05, 4.69) is 0 Å². The molecule has 0 amide bonds. The van der Waals surface area contributed by atoms with Gasteiger partial charge in [-0.2, -0.15) is 0 Å². The van der Waals surface area contributed by atoms with Crippen LogP contribution in [0.3, 0.4) is 0 Å². The molecule has 3 heteroatoms. The molecule has 2 unspecified atom stereocenters. The van der Waals surface area contributed by atoms with Crippen LogP contribution in [0.15, 0.2) is 0 Å². The van der Waals surface area contributed by atoms with Gasteiger partial charge in [-0.15, -0.1) is 0 Å². The van der Waals surface area contributed by atoms with Gasteiger partial charge in [0.1, 0.15) is 0 Å². The average Bonchev–Trinajstić information content (AvgIpc) is 2.14. The van der Waals surface area contributed by atoms with Crippen molar-refractivity contribution in [2.45, 2.75) is 64.1 Å². The van der Waals surface area contributed by atoms with Crippen LogP contribution < -0.4 is 11.5 Å². The molecule has 0 saturated heterocycles. The van der Waals surface area contributed by atoms with Crippen molar-refractivity contribution in [2.75, 3.05) is 0 Å². The Bertz CT molecular complexity index is 155. The Balaban J connectivity index is 4.91. The highest BCUT2D eigenvalue weighted by Gasteiger charge is 2.46. The summed E-state index contributed by atoms with van der Waals surface area (Å²) in [6.45, 7) is 7.73. The second-order valence-electron chi connectivity index (χ2n) is 3.93. The molecule has 0 saturated carbocycles. The van der Waals surface area contributed by atoms with E-state index in [1.807, 2.05) is 27.7 Å². The van der Waals surface area contributed by atoms with Crippen molar-refractivity contribution >= 4 is 0 Å². The molecular formula is C10H24N2O. The minimum atomic E-state index is -0.948. The zero-order valence-corrected chi connectivity index (χ0v) is 9.30. The Morgan fingerprint density at radius 2 is 1.54 bits per heavy atom. The van der Waals surface area contributed by atoms with Gasteiger partial charge in [0.25, 0.3) is 0 Å². The maximum absolute atomic E-state index is 10.4. The van der Waals surface area contributed by atoms with E-state index < -0.39 is 11.1 Å². The Morgan fingerprint density at radius 3 is 1.62 bits per heavy atom. The van der Waals surface area contributed by atoms with E-state index in [1.54, 1.807) is 0 Å². The van der Waals surface area contributed by atoms with Crippen LogP contribution in [0, 0.1) is 0 Å². The van der Waals surface area contributed by atoms with Gasteiger partial charge in [0, 0.05) is 11.6 Å². The summed E-state index contributed by atoms with van der Waals surface area (Å²) in [5.74, 6) is 0. The van der Waals surface area contributed by atoms with Gasteiger partial charge in [0.2, 0.25) is 0 Å². The predicted molar refractivity (Wildman–Crippen MR) is 56.4 cm³/mol. The molecule has 0 spiro atoms. The molecule has 0 aromatic carbocycles. The quantitative estimate of drug-likeness (QED) is 0.602. The molecule has 0 heterocycles. The fourth-order valence-corrected chi connectivity index (χ4v) is 1.99. The van der Waals surface area contributed by atoms with Gasteiger partial charge in [-0.1, -0.05) is 20.8 Å². The van der Waals surface area contributed by atoms with Gasteiger partial charge in [-0.05, 0) is 26.2 Å². The maximum Gasteiger partial charge on any atom is 0.0970 e. The predicted octanol–water partition coefficient (Wildman–Crippen LogP) is 0.992. The molecule has 0 bridgehead atoms. The first kappa shape index (κ1) is 12.9. The van der Waals surface area contributed by atoms with Crippen molar-refractivity contribution < 1.29 is 5.11 Å². The van der Waals surface area contributed by atoms with E-state index in [9.17, 15) is 5.11 Å². The highest BCUT2D eigenvalue weighted by atomic mass is 16.3. The van der Waals surface area contributed by atoms with Gasteiger partial charge in [0.05, 0.1) is 5.60 Å². The van der Waals surface area contributed by atoms with Crippen LogP contribution >= 0.6 is 0 Å². The Kier molecular flexibility index (Phi) is 4.36. The summed E-state index contributed by atoms with van der Waals surface area (Å²) in [4.78, 5) is 0. The van der Waals surface area contributed by atoms with Crippen LogP contribution in [0.2, 0.25) is 0 Å². The standard InChI is InChI=1S/C10H24N2O/c1-5-9(12,6-2)10(13,7-3)8(4)11/h8,13H,5-7,11-12H2,1-4H3. The maximum atomic E-state index is 10.4. The molecular weight excluding hydrogens is 164 g/mol. The summed E-state index contributed by atoms with van der Waals surface area (Å²) in [5.41, 5.74) is 10.4. The van der Waals surface area contributed by atoms with Crippen molar-refractivity contribution in [3.63, 3.8) is 0 Å². The number of aliphatic hydroxyl groups is 1. The minimum absolute atomic E-state index is 0.289. The molecule has 0 rings (SSSR count). The second-order valence-corrected chi connectivity index (χ2v) is 3.93. The molecule has 2 atom stereocenters. The van der Waals surface area contributed by atoms with Crippen molar-refractivity contribution in [1.82, 2.24) is 0 Å². The van der Waals surface area contributed by atoms with Crippen LogP contribution in [0.4, 0.5) is 0 Å². The Hall–Kier alpha value is -0.120.